The fraction of sp³-hybridized carbons (Fsp3) is 0.0625. The highest BCUT2D eigenvalue weighted by Crippen LogP contribution is 2.67. The summed E-state index contributed by atoms with van der Waals surface area (Å²) in [5.74, 6) is 0. The van der Waals surface area contributed by atoms with Crippen LogP contribution in [0.2, 0.25) is 0 Å². The number of furan rings is 1. The number of hydrogen-bond acceptors (Lipinski definition) is 3. The van der Waals surface area contributed by atoms with Gasteiger partial charge in [0, 0.05) is 50.1 Å². The maximum atomic E-state index is 6.42. The van der Waals surface area contributed by atoms with Crippen molar-refractivity contribution in [2.45, 2.75) is 24.7 Å². The minimum Gasteiger partial charge on any atom is -0.456 e. The Hall–Kier alpha value is -8.40. The molecule has 10 aromatic carbocycles. The molecule has 0 bridgehead atoms. The summed E-state index contributed by atoms with van der Waals surface area (Å²) < 4.78 is 6.42. The van der Waals surface area contributed by atoms with Gasteiger partial charge in [0.25, 0.3) is 0 Å². The lowest BCUT2D eigenvalue weighted by Crippen LogP contribution is -2.36. The Morgan fingerprint density at radius 1 is 0.403 bits per heavy atom. The zero-order chi connectivity index (χ0) is 44.4. The van der Waals surface area contributed by atoms with Gasteiger partial charge in [0.15, 0.2) is 0 Å². The van der Waals surface area contributed by atoms with Gasteiger partial charge in [0.2, 0.25) is 0 Å². The van der Waals surface area contributed by atoms with Gasteiger partial charge in [-0.1, -0.05) is 178 Å². The average Bonchev–Trinajstić information content (AvgIpc) is 3.99. The van der Waals surface area contributed by atoms with Gasteiger partial charge >= 0.3 is 0 Å². The Morgan fingerprint density at radius 3 is 1.75 bits per heavy atom. The third-order valence-corrected chi connectivity index (χ3v) is 15.0. The summed E-state index contributed by atoms with van der Waals surface area (Å²) in [7, 11) is 0. The summed E-state index contributed by atoms with van der Waals surface area (Å²) in [5.41, 5.74) is 23.0. The first-order chi connectivity index (χ1) is 33.0. The Labute approximate surface area is 390 Å². The van der Waals surface area contributed by atoms with Crippen molar-refractivity contribution in [3.63, 3.8) is 0 Å². The lowest BCUT2D eigenvalue weighted by Gasteiger charge is -2.45. The third-order valence-electron chi connectivity index (χ3n) is 15.0. The van der Waals surface area contributed by atoms with Crippen molar-refractivity contribution in [1.29, 1.82) is 0 Å². The Balaban J connectivity index is 1.07. The van der Waals surface area contributed by atoms with Crippen molar-refractivity contribution >= 4 is 56.1 Å². The molecule has 2 aliphatic carbocycles. The summed E-state index contributed by atoms with van der Waals surface area (Å²) in [6.45, 7) is 4.73. The molecule has 11 aromatic rings. The van der Waals surface area contributed by atoms with Crippen LogP contribution in [0, 0.1) is 0 Å². The second kappa shape index (κ2) is 14.1. The SMILES string of the molecule is CC1(C)c2ccccc2-c2ccc(N(c3ccc4c(c3)C3(c5ccccc5)c5ccccc5N(c5ccccc5)c5c(-c6ccccc6)ccc-4c53)c3ccc4oc5ccccc5c4c3)cc21. The van der Waals surface area contributed by atoms with E-state index in [1.54, 1.807) is 0 Å². The van der Waals surface area contributed by atoms with Crippen LogP contribution in [0.25, 0.3) is 55.3 Å². The molecule has 0 radical (unpaired) electrons. The van der Waals surface area contributed by atoms with Crippen LogP contribution in [0.3, 0.4) is 0 Å². The summed E-state index contributed by atoms with van der Waals surface area (Å²) >= 11 is 0. The molecule has 67 heavy (non-hydrogen) atoms. The number of para-hydroxylation sites is 3. The van der Waals surface area contributed by atoms with E-state index in [0.29, 0.717) is 0 Å². The fourth-order valence-electron chi connectivity index (χ4n) is 12.1. The van der Waals surface area contributed by atoms with Crippen LogP contribution < -0.4 is 9.80 Å². The molecule has 0 fully saturated rings. The molecule has 0 saturated carbocycles. The van der Waals surface area contributed by atoms with E-state index in [4.69, 9.17) is 4.42 Å². The first-order valence-corrected chi connectivity index (χ1v) is 23.3. The maximum absolute atomic E-state index is 6.42. The van der Waals surface area contributed by atoms with Crippen LogP contribution >= 0.6 is 0 Å². The first-order valence-electron chi connectivity index (χ1n) is 23.3. The van der Waals surface area contributed by atoms with Gasteiger partial charge in [-0.05, 0) is 122 Å². The molecule has 1 aliphatic heterocycles. The van der Waals surface area contributed by atoms with E-state index >= 15 is 0 Å². The molecule has 0 saturated heterocycles. The molecular weight excluding hydrogens is 813 g/mol. The molecule has 1 unspecified atom stereocenters. The standard InChI is InChI=1S/C64H44N2O/c1-63(2)54-26-14-12-24-48(54)49-33-30-45(39-56(49)63)65(44-32-37-60-53(38-44)51-25-13-17-29-59(51)67-60)46-31-34-50-52-36-35-47(41-18-6-3-7-19-41)62-61(52)64(57(50)40-46,42-20-8-4-9-21-42)55-27-15-16-28-58(55)66(62)43-22-10-5-11-23-43/h3-40H,1-2H3. The predicted octanol–water partition coefficient (Wildman–Crippen LogP) is 17.2. The zero-order valence-electron chi connectivity index (χ0n) is 37.2. The highest BCUT2D eigenvalue weighted by molar-refractivity contribution is 6.08. The molecule has 1 atom stereocenters. The number of anilines is 6. The largest absolute Gasteiger partial charge is 0.456 e. The molecule has 316 valence electrons. The van der Waals surface area contributed by atoms with Crippen LogP contribution in [0.4, 0.5) is 34.1 Å². The van der Waals surface area contributed by atoms with Crippen LogP contribution in [0.5, 0.6) is 0 Å². The normalized spacial score (nSPS) is 15.8. The van der Waals surface area contributed by atoms with Gasteiger partial charge in [0.05, 0.1) is 16.8 Å². The van der Waals surface area contributed by atoms with E-state index in [0.717, 1.165) is 44.7 Å². The van der Waals surface area contributed by atoms with E-state index in [1.165, 1.54) is 78.1 Å². The van der Waals surface area contributed by atoms with Crippen molar-refractivity contribution in [3.8, 4) is 33.4 Å². The molecular formula is C64H44N2O. The number of hydrogen-bond donors (Lipinski definition) is 0. The second-order valence-electron chi connectivity index (χ2n) is 18.8. The number of rotatable bonds is 6. The van der Waals surface area contributed by atoms with Gasteiger partial charge < -0.3 is 14.2 Å². The predicted molar refractivity (Wildman–Crippen MR) is 277 cm³/mol. The summed E-state index contributed by atoms with van der Waals surface area (Å²) in [5, 5.41) is 2.21. The van der Waals surface area contributed by atoms with Crippen molar-refractivity contribution < 1.29 is 4.42 Å². The van der Waals surface area contributed by atoms with E-state index in [-0.39, 0.29) is 5.41 Å². The van der Waals surface area contributed by atoms with Crippen LogP contribution in [-0.4, -0.2) is 0 Å². The monoisotopic (exact) mass is 856 g/mol. The van der Waals surface area contributed by atoms with Crippen LogP contribution in [0.1, 0.15) is 47.2 Å². The number of nitrogens with zero attached hydrogens (tertiary/aromatic N) is 2. The molecule has 3 nitrogen and oxygen atoms in total. The second-order valence-corrected chi connectivity index (χ2v) is 18.8. The summed E-state index contributed by atoms with van der Waals surface area (Å²) in [4.78, 5) is 5.00. The quantitative estimate of drug-likeness (QED) is 0.166. The molecule has 3 aliphatic rings. The molecule has 14 rings (SSSR count). The van der Waals surface area contributed by atoms with E-state index in [1.807, 2.05) is 6.07 Å². The highest BCUT2D eigenvalue weighted by atomic mass is 16.3. The van der Waals surface area contributed by atoms with Crippen molar-refractivity contribution in [1.82, 2.24) is 0 Å². The van der Waals surface area contributed by atoms with Gasteiger partial charge in [-0.3, -0.25) is 0 Å². The molecule has 0 N–H and O–H groups in total. The highest BCUT2D eigenvalue weighted by Gasteiger charge is 2.53. The topological polar surface area (TPSA) is 19.6 Å². The smallest absolute Gasteiger partial charge is 0.135 e. The van der Waals surface area contributed by atoms with E-state index in [2.05, 4.69) is 248 Å². The van der Waals surface area contributed by atoms with Gasteiger partial charge in [-0.2, -0.15) is 0 Å². The van der Waals surface area contributed by atoms with Crippen molar-refractivity contribution in [3.05, 3.63) is 264 Å². The zero-order valence-corrected chi connectivity index (χ0v) is 37.2. The van der Waals surface area contributed by atoms with Crippen molar-refractivity contribution in [2.24, 2.45) is 0 Å². The Kier molecular flexibility index (Phi) is 7.95. The summed E-state index contributed by atoms with van der Waals surface area (Å²) in [6, 6.07) is 85.3. The molecule has 3 heteroatoms. The van der Waals surface area contributed by atoms with Gasteiger partial charge in [-0.25, -0.2) is 0 Å². The lowest BCUT2D eigenvalue weighted by atomic mass is 9.64. The molecule has 0 spiro atoms. The first kappa shape index (κ1) is 37.9. The number of fused-ring (bicyclic) bond motifs is 11. The molecule has 2 heterocycles. The Bertz CT molecular complexity index is 3790. The van der Waals surface area contributed by atoms with Gasteiger partial charge in [0.1, 0.15) is 11.2 Å². The Morgan fingerprint density at radius 2 is 0.955 bits per heavy atom. The minimum absolute atomic E-state index is 0.168. The number of benzene rings is 10. The molecule has 1 aromatic heterocycles. The minimum atomic E-state index is -0.651. The van der Waals surface area contributed by atoms with E-state index < -0.39 is 5.41 Å². The van der Waals surface area contributed by atoms with Crippen LogP contribution in [-0.2, 0) is 10.8 Å². The van der Waals surface area contributed by atoms with E-state index in [9.17, 15) is 0 Å². The van der Waals surface area contributed by atoms with Gasteiger partial charge in [-0.15, -0.1) is 0 Å². The van der Waals surface area contributed by atoms with Crippen LogP contribution in [0.15, 0.2) is 235 Å². The third kappa shape index (κ3) is 5.23. The molecule has 0 amide bonds. The average molecular weight is 857 g/mol. The summed E-state index contributed by atoms with van der Waals surface area (Å²) in [6.07, 6.45) is 0. The maximum Gasteiger partial charge on any atom is 0.135 e. The fourth-order valence-corrected chi connectivity index (χ4v) is 12.1. The van der Waals surface area contributed by atoms with Crippen molar-refractivity contribution in [2.75, 3.05) is 9.80 Å². The lowest BCUT2D eigenvalue weighted by molar-refractivity contribution is 0.660.